The number of hydrogen-bond donors (Lipinski definition) is 2. The second-order valence-electron chi connectivity index (χ2n) is 3.34. The molecular formula is C10H21N3O2. The Balaban J connectivity index is 3.64. The highest BCUT2D eigenvalue weighted by molar-refractivity contribution is 5.78. The lowest BCUT2D eigenvalue weighted by molar-refractivity contribution is -0.130. The van der Waals surface area contributed by atoms with E-state index in [0.717, 1.165) is 6.54 Å². The zero-order valence-corrected chi connectivity index (χ0v) is 9.80. The smallest absolute Gasteiger partial charge is 0.223 e. The standard InChI is InChI=1S/C10H21N3O2/c1-4-12-7-5-10(15)13(3)8-6-9(14)11-2/h12H,4-8H2,1-3H3,(H,11,14). The van der Waals surface area contributed by atoms with Crippen LogP contribution in [0.3, 0.4) is 0 Å². The van der Waals surface area contributed by atoms with Gasteiger partial charge in [-0.3, -0.25) is 9.59 Å². The Morgan fingerprint density at radius 1 is 1.27 bits per heavy atom. The Morgan fingerprint density at radius 2 is 1.93 bits per heavy atom. The highest BCUT2D eigenvalue weighted by Gasteiger charge is 2.09. The average molecular weight is 215 g/mol. The van der Waals surface area contributed by atoms with Crippen LogP contribution in [0, 0.1) is 0 Å². The van der Waals surface area contributed by atoms with Crippen molar-refractivity contribution in [2.45, 2.75) is 19.8 Å². The lowest BCUT2D eigenvalue weighted by atomic mass is 10.3. The van der Waals surface area contributed by atoms with Gasteiger partial charge in [-0.05, 0) is 6.54 Å². The lowest BCUT2D eigenvalue weighted by Gasteiger charge is -2.16. The molecule has 5 heteroatoms. The zero-order valence-electron chi connectivity index (χ0n) is 9.80. The van der Waals surface area contributed by atoms with Crippen molar-refractivity contribution in [1.82, 2.24) is 15.5 Å². The molecule has 0 heterocycles. The van der Waals surface area contributed by atoms with E-state index in [-0.39, 0.29) is 11.8 Å². The van der Waals surface area contributed by atoms with E-state index in [1.807, 2.05) is 6.92 Å². The molecule has 0 spiro atoms. The van der Waals surface area contributed by atoms with E-state index in [2.05, 4.69) is 10.6 Å². The summed E-state index contributed by atoms with van der Waals surface area (Å²) >= 11 is 0. The number of rotatable bonds is 7. The minimum absolute atomic E-state index is 0.0404. The van der Waals surface area contributed by atoms with E-state index in [1.54, 1.807) is 19.0 Å². The van der Waals surface area contributed by atoms with Crippen LogP contribution in [-0.4, -0.2) is 50.4 Å². The van der Waals surface area contributed by atoms with E-state index < -0.39 is 0 Å². The summed E-state index contributed by atoms with van der Waals surface area (Å²) in [6, 6.07) is 0. The Hall–Kier alpha value is -1.10. The molecule has 88 valence electrons. The summed E-state index contributed by atoms with van der Waals surface area (Å²) in [6.45, 7) is 4.04. The lowest BCUT2D eigenvalue weighted by Crippen LogP contribution is -2.33. The number of carbonyl (C=O) groups excluding carboxylic acids is 2. The molecule has 0 aliphatic rings. The van der Waals surface area contributed by atoms with Crippen LogP contribution in [-0.2, 0) is 9.59 Å². The summed E-state index contributed by atoms with van der Waals surface area (Å²) in [5.41, 5.74) is 0. The van der Waals surface area contributed by atoms with E-state index in [0.29, 0.717) is 25.9 Å². The molecule has 0 saturated heterocycles. The van der Waals surface area contributed by atoms with E-state index >= 15 is 0 Å². The van der Waals surface area contributed by atoms with Crippen molar-refractivity contribution in [3.05, 3.63) is 0 Å². The minimum atomic E-state index is -0.0404. The molecule has 2 N–H and O–H groups in total. The Bertz CT molecular complexity index is 207. The molecule has 2 amide bonds. The van der Waals surface area contributed by atoms with Crippen LogP contribution in [0.15, 0.2) is 0 Å². The molecular weight excluding hydrogens is 194 g/mol. The van der Waals surface area contributed by atoms with Crippen LogP contribution in [0.25, 0.3) is 0 Å². The van der Waals surface area contributed by atoms with Crippen molar-refractivity contribution in [3.63, 3.8) is 0 Å². The Morgan fingerprint density at radius 3 is 2.47 bits per heavy atom. The Labute approximate surface area is 91.2 Å². The monoisotopic (exact) mass is 215 g/mol. The van der Waals surface area contributed by atoms with Gasteiger partial charge in [0, 0.05) is 40.0 Å². The number of amides is 2. The molecule has 0 aromatic rings. The quantitative estimate of drug-likeness (QED) is 0.567. The first-order valence-electron chi connectivity index (χ1n) is 5.27. The first-order chi connectivity index (χ1) is 7.11. The maximum atomic E-state index is 11.5. The van der Waals surface area contributed by atoms with Crippen LogP contribution in [0.1, 0.15) is 19.8 Å². The third-order valence-electron chi connectivity index (χ3n) is 2.14. The van der Waals surface area contributed by atoms with Gasteiger partial charge in [-0.1, -0.05) is 6.92 Å². The van der Waals surface area contributed by atoms with Gasteiger partial charge in [0.15, 0.2) is 0 Å². The fraction of sp³-hybridized carbons (Fsp3) is 0.800. The maximum Gasteiger partial charge on any atom is 0.223 e. The number of nitrogens with zero attached hydrogens (tertiary/aromatic N) is 1. The second-order valence-corrected chi connectivity index (χ2v) is 3.34. The van der Waals surface area contributed by atoms with Crippen LogP contribution in [0.2, 0.25) is 0 Å². The van der Waals surface area contributed by atoms with Gasteiger partial charge in [0.2, 0.25) is 11.8 Å². The van der Waals surface area contributed by atoms with E-state index in [9.17, 15) is 9.59 Å². The van der Waals surface area contributed by atoms with Crippen molar-refractivity contribution in [2.24, 2.45) is 0 Å². The molecule has 15 heavy (non-hydrogen) atoms. The van der Waals surface area contributed by atoms with Gasteiger partial charge in [0.25, 0.3) is 0 Å². The third-order valence-corrected chi connectivity index (χ3v) is 2.14. The maximum absolute atomic E-state index is 11.5. The molecule has 0 rings (SSSR count). The summed E-state index contributed by atoms with van der Waals surface area (Å²) in [7, 11) is 3.31. The average Bonchev–Trinajstić information content (AvgIpc) is 2.25. The van der Waals surface area contributed by atoms with Crippen molar-refractivity contribution < 1.29 is 9.59 Å². The highest BCUT2D eigenvalue weighted by atomic mass is 16.2. The summed E-state index contributed by atoms with van der Waals surface area (Å²) < 4.78 is 0. The summed E-state index contributed by atoms with van der Waals surface area (Å²) in [5, 5.41) is 5.61. The highest BCUT2D eigenvalue weighted by Crippen LogP contribution is 1.92. The van der Waals surface area contributed by atoms with Crippen molar-refractivity contribution in [1.29, 1.82) is 0 Å². The van der Waals surface area contributed by atoms with Gasteiger partial charge in [-0.2, -0.15) is 0 Å². The van der Waals surface area contributed by atoms with E-state index in [1.165, 1.54) is 0 Å². The fourth-order valence-electron chi connectivity index (χ4n) is 1.08. The zero-order chi connectivity index (χ0) is 11.7. The predicted molar refractivity (Wildman–Crippen MR) is 59.5 cm³/mol. The van der Waals surface area contributed by atoms with Crippen molar-refractivity contribution in [2.75, 3.05) is 33.7 Å². The van der Waals surface area contributed by atoms with Gasteiger partial charge in [0.1, 0.15) is 0 Å². The van der Waals surface area contributed by atoms with Gasteiger partial charge in [0.05, 0.1) is 0 Å². The third kappa shape index (κ3) is 6.90. The van der Waals surface area contributed by atoms with Crippen LogP contribution in [0.4, 0.5) is 0 Å². The Kier molecular flexibility index (Phi) is 7.62. The van der Waals surface area contributed by atoms with Gasteiger partial charge >= 0.3 is 0 Å². The molecule has 0 saturated carbocycles. The predicted octanol–water partition coefficient (Wildman–Crippen LogP) is -0.419. The minimum Gasteiger partial charge on any atom is -0.359 e. The molecule has 0 aliphatic carbocycles. The number of nitrogens with one attached hydrogen (secondary N) is 2. The number of carbonyl (C=O) groups is 2. The second kappa shape index (κ2) is 8.23. The summed E-state index contributed by atoms with van der Waals surface area (Å²) in [4.78, 5) is 24.0. The molecule has 0 unspecified atom stereocenters. The van der Waals surface area contributed by atoms with Crippen LogP contribution < -0.4 is 10.6 Å². The molecule has 0 radical (unpaired) electrons. The van der Waals surface area contributed by atoms with Gasteiger partial charge < -0.3 is 15.5 Å². The molecule has 0 aromatic heterocycles. The SMILES string of the molecule is CCNCCC(=O)N(C)CCC(=O)NC. The summed E-state index contributed by atoms with van der Waals surface area (Å²) in [6.07, 6.45) is 0.845. The molecule has 0 fully saturated rings. The molecule has 0 aromatic carbocycles. The first-order valence-corrected chi connectivity index (χ1v) is 5.27. The van der Waals surface area contributed by atoms with E-state index in [4.69, 9.17) is 0 Å². The fourth-order valence-corrected chi connectivity index (χ4v) is 1.08. The van der Waals surface area contributed by atoms with Gasteiger partial charge in [-0.15, -0.1) is 0 Å². The first kappa shape index (κ1) is 13.9. The normalized spacial score (nSPS) is 9.80. The van der Waals surface area contributed by atoms with Crippen LogP contribution >= 0.6 is 0 Å². The van der Waals surface area contributed by atoms with Gasteiger partial charge in [-0.25, -0.2) is 0 Å². The van der Waals surface area contributed by atoms with Crippen molar-refractivity contribution >= 4 is 11.8 Å². The molecule has 0 bridgehead atoms. The topological polar surface area (TPSA) is 61.4 Å². The molecule has 5 nitrogen and oxygen atoms in total. The largest absolute Gasteiger partial charge is 0.359 e. The summed E-state index contributed by atoms with van der Waals surface area (Å²) in [5.74, 6) is 0.0289. The molecule has 0 aliphatic heterocycles. The molecule has 0 atom stereocenters. The number of hydrogen-bond acceptors (Lipinski definition) is 3. The van der Waals surface area contributed by atoms with Crippen molar-refractivity contribution in [3.8, 4) is 0 Å². The van der Waals surface area contributed by atoms with Crippen LogP contribution in [0.5, 0.6) is 0 Å².